The molecule has 0 rings (SSSR count). The predicted molar refractivity (Wildman–Crippen MR) is 119 cm³/mol. The summed E-state index contributed by atoms with van der Waals surface area (Å²) in [6.07, 6.45) is 4.92. The van der Waals surface area contributed by atoms with Crippen LogP contribution in [-0.2, 0) is 4.84 Å². The van der Waals surface area contributed by atoms with Crippen molar-refractivity contribution in [2.24, 2.45) is 21.8 Å². The summed E-state index contributed by atoms with van der Waals surface area (Å²) in [5.41, 5.74) is 2.34. The first-order chi connectivity index (χ1) is 13.2. The molecule has 0 amide bonds. The molecule has 0 heterocycles. The third-order valence-electron chi connectivity index (χ3n) is 4.40. The minimum Gasteiger partial charge on any atom is -0.394 e. The average molecular weight is 400 g/mol. The molecule has 0 bridgehead atoms. The van der Waals surface area contributed by atoms with Gasteiger partial charge in [0.25, 0.3) is 0 Å². The Balaban J connectivity index is 4.37. The highest BCUT2D eigenvalue weighted by Gasteiger charge is 2.09. The molecule has 0 aromatic rings. The molecule has 0 radical (unpaired) electrons. The van der Waals surface area contributed by atoms with E-state index in [2.05, 4.69) is 51.5 Å². The Kier molecular flexibility index (Phi) is 16.6. The first-order valence-electron chi connectivity index (χ1n) is 10.9. The molecule has 1 unspecified atom stereocenters. The SMILES string of the molecule is CC(CCCCC(C)C)=NCCN(CCN=C(C)CC(C)C)OCC(O)CO. The predicted octanol–water partition coefficient (Wildman–Crippen LogP) is 3.76. The molecule has 2 N–H and O–H groups in total. The van der Waals surface area contributed by atoms with Crippen molar-refractivity contribution in [2.45, 2.75) is 79.8 Å². The summed E-state index contributed by atoms with van der Waals surface area (Å²) in [5.74, 6) is 1.37. The van der Waals surface area contributed by atoms with Gasteiger partial charge in [-0.2, -0.15) is 5.06 Å². The van der Waals surface area contributed by atoms with Crippen molar-refractivity contribution < 1.29 is 15.1 Å². The number of rotatable bonds is 17. The van der Waals surface area contributed by atoms with E-state index >= 15 is 0 Å². The van der Waals surface area contributed by atoms with E-state index in [0.29, 0.717) is 32.1 Å². The Labute approximate surface area is 173 Å². The maximum atomic E-state index is 9.54. The summed E-state index contributed by atoms with van der Waals surface area (Å²) in [7, 11) is 0. The number of nitrogens with zero attached hydrogens (tertiary/aromatic N) is 3. The fourth-order valence-electron chi connectivity index (χ4n) is 2.86. The highest BCUT2D eigenvalue weighted by Crippen LogP contribution is 2.08. The minimum absolute atomic E-state index is 0.0864. The van der Waals surface area contributed by atoms with Crippen molar-refractivity contribution >= 4 is 11.4 Å². The first kappa shape index (κ1) is 27.2. The second-order valence-corrected chi connectivity index (χ2v) is 8.53. The second kappa shape index (κ2) is 17.1. The fourth-order valence-corrected chi connectivity index (χ4v) is 2.86. The van der Waals surface area contributed by atoms with Crippen LogP contribution in [0.2, 0.25) is 0 Å². The molecule has 28 heavy (non-hydrogen) atoms. The van der Waals surface area contributed by atoms with Crippen molar-refractivity contribution in [3.05, 3.63) is 0 Å². The van der Waals surface area contributed by atoms with Gasteiger partial charge in [0.1, 0.15) is 6.10 Å². The zero-order chi connectivity index (χ0) is 21.4. The Bertz CT molecular complexity index is 437. The van der Waals surface area contributed by atoms with Gasteiger partial charge in [-0.05, 0) is 44.9 Å². The quantitative estimate of drug-likeness (QED) is 0.222. The standard InChI is InChI=1S/C22H45N3O3/c1-18(2)9-7-8-10-20(5)23-11-13-25(28-17-22(27)16-26)14-12-24-21(6)15-19(3)4/h18-19,22,26-27H,7-17H2,1-6H3. The zero-order valence-electron chi connectivity index (χ0n) is 19.2. The van der Waals surface area contributed by atoms with Crippen molar-refractivity contribution in [1.82, 2.24) is 5.06 Å². The van der Waals surface area contributed by atoms with Crippen LogP contribution in [-0.4, -0.2) is 72.2 Å². The van der Waals surface area contributed by atoms with Crippen LogP contribution in [0, 0.1) is 11.8 Å². The molecule has 0 saturated carbocycles. The third kappa shape index (κ3) is 17.3. The van der Waals surface area contributed by atoms with E-state index in [1.54, 1.807) is 5.06 Å². The second-order valence-electron chi connectivity index (χ2n) is 8.53. The van der Waals surface area contributed by atoms with Crippen LogP contribution < -0.4 is 0 Å². The molecule has 0 spiro atoms. The largest absolute Gasteiger partial charge is 0.394 e. The number of hydroxylamine groups is 2. The molecule has 166 valence electrons. The summed E-state index contributed by atoms with van der Waals surface area (Å²) in [6.45, 7) is 15.5. The molecule has 0 fully saturated rings. The summed E-state index contributed by atoms with van der Waals surface area (Å²) >= 11 is 0. The monoisotopic (exact) mass is 399 g/mol. The Morgan fingerprint density at radius 3 is 2.07 bits per heavy atom. The molecule has 0 saturated heterocycles. The topological polar surface area (TPSA) is 77.7 Å². The molecule has 0 aliphatic rings. The van der Waals surface area contributed by atoms with Crippen LogP contribution >= 0.6 is 0 Å². The lowest BCUT2D eigenvalue weighted by atomic mass is 10.0. The van der Waals surface area contributed by atoms with Gasteiger partial charge < -0.3 is 10.2 Å². The number of hydrogen-bond donors (Lipinski definition) is 2. The van der Waals surface area contributed by atoms with Crippen molar-refractivity contribution in [2.75, 3.05) is 39.4 Å². The van der Waals surface area contributed by atoms with E-state index in [1.807, 2.05) is 0 Å². The number of unbranched alkanes of at least 4 members (excludes halogenated alkanes) is 1. The molecule has 0 aromatic heterocycles. The van der Waals surface area contributed by atoms with E-state index in [-0.39, 0.29) is 13.2 Å². The lowest BCUT2D eigenvalue weighted by Crippen LogP contribution is -2.34. The van der Waals surface area contributed by atoms with Crippen LogP contribution in [0.15, 0.2) is 9.98 Å². The maximum absolute atomic E-state index is 9.54. The van der Waals surface area contributed by atoms with Crippen molar-refractivity contribution in [3.8, 4) is 0 Å². The van der Waals surface area contributed by atoms with Gasteiger partial charge in [0, 0.05) is 24.5 Å². The molecular formula is C22H45N3O3. The van der Waals surface area contributed by atoms with Crippen LogP contribution in [0.3, 0.4) is 0 Å². The Morgan fingerprint density at radius 1 is 0.929 bits per heavy atom. The lowest BCUT2D eigenvalue weighted by molar-refractivity contribution is -0.178. The number of hydrogen-bond acceptors (Lipinski definition) is 6. The lowest BCUT2D eigenvalue weighted by Gasteiger charge is -2.22. The van der Waals surface area contributed by atoms with Gasteiger partial charge in [-0.3, -0.25) is 14.8 Å². The molecule has 6 nitrogen and oxygen atoms in total. The van der Waals surface area contributed by atoms with Crippen molar-refractivity contribution in [3.63, 3.8) is 0 Å². The van der Waals surface area contributed by atoms with Crippen molar-refractivity contribution in [1.29, 1.82) is 0 Å². The molecule has 0 aliphatic heterocycles. The van der Waals surface area contributed by atoms with Gasteiger partial charge in [-0.1, -0.05) is 40.5 Å². The smallest absolute Gasteiger partial charge is 0.102 e. The van der Waals surface area contributed by atoms with E-state index in [4.69, 9.17) is 9.94 Å². The number of aliphatic hydroxyl groups excluding tert-OH is 2. The summed E-state index contributed by atoms with van der Waals surface area (Å²) < 4.78 is 0. The van der Waals surface area contributed by atoms with Gasteiger partial charge in [0.05, 0.1) is 26.3 Å². The molecular weight excluding hydrogens is 354 g/mol. The van der Waals surface area contributed by atoms with Gasteiger partial charge in [0.2, 0.25) is 0 Å². The molecule has 1 atom stereocenters. The summed E-state index contributed by atoms with van der Waals surface area (Å²) in [5, 5.41) is 20.3. The normalized spacial score (nSPS) is 14.5. The zero-order valence-corrected chi connectivity index (χ0v) is 19.2. The van der Waals surface area contributed by atoms with Crippen LogP contribution in [0.25, 0.3) is 0 Å². The fraction of sp³-hybridized carbons (Fsp3) is 0.909. The van der Waals surface area contributed by atoms with Crippen LogP contribution in [0.1, 0.15) is 73.6 Å². The van der Waals surface area contributed by atoms with E-state index in [0.717, 1.165) is 24.5 Å². The van der Waals surface area contributed by atoms with Gasteiger partial charge >= 0.3 is 0 Å². The third-order valence-corrected chi connectivity index (χ3v) is 4.40. The molecule has 6 heteroatoms. The maximum Gasteiger partial charge on any atom is 0.102 e. The molecule has 0 aliphatic carbocycles. The summed E-state index contributed by atoms with van der Waals surface area (Å²) in [6, 6.07) is 0. The summed E-state index contributed by atoms with van der Waals surface area (Å²) in [4.78, 5) is 14.9. The minimum atomic E-state index is -0.861. The average Bonchev–Trinajstić information content (AvgIpc) is 2.61. The van der Waals surface area contributed by atoms with Gasteiger partial charge in [-0.15, -0.1) is 0 Å². The van der Waals surface area contributed by atoms with E-state index < -0.39 is 6.10 Å². The molecule has 0 aromatic carbocycles. The highest BCUT2D eigenvalue weighted by molar-refractivity contribution is 5.82. The first-order valence-corrected chi connectivity index (χ1v) is 10.9. The van der Waals surface area contributed by atoms with Gasteiger partial charge in [-0.25, -0.2) is 0 Å². The Hall–Kier alpha value is -0.820. The number of aliphatic imine (C=N–C) groups is 2. The van der Waals surface area contributed by atoms with E-state index in [9.17, 15) is 5.11 Å². The Morgan fingerprint density at radius 2 is 1.54 bits per heavy atom. The number of aliphatic hydroxyl groups is 2. The van der Waals surface area contributed by atoms with Crippen LogP contribution in [0.4, 0.5) is 0 Å². The highest BCUT2D eigenvalue weighted by atomic mass is 16.7. The van der Waals surface area contributed by atoms with Gasteiger partial charge in [0.15, 0.2) is 0 Å². The van der Waals surface area contributed by atoms with E-state index in [1.165, 1.54) is 25.0 Å². The van der Waals surface area contributed by atoms with Crippen LogP contribution in [0.5, 0.6) is 0 Å².